The lowest BCUT2D eigenvalue weighted by atomic mass is 9.91. The van der Waals surface area contributed by atoms with Crippen LogP contribution in [-0.2, 0) is 16.6 Å². The van der Waals surface area contributed by atoms with Crippen molar-refractivity contribution in [2.75, 3.05) is 0 Å². The summed E-state index contributed by atoms with van der Waals surface area (Å²) in [5.74, 6) is -1.73. The first-order valence-corrected chi connectivity index (χ1v) is 4.30. The quantitative estimate of drug-likeness (QED) is 0.822. The summed E-state index contributed by atoms with van der Waals surface area (Å²) in [5, 5.41) is 18.2. The Labute approximate surface area is 89.1 Å². The van der Waals surface area contributed by atoms with Gasteiger partial charge in [-0.3, -0.25) is 0 Å². The minimum Gasteiger partial charge on any atom is -0.479 e. The van der Waals surface area contributed by atoms with Crippen molar-refractivity contribution in [3.05, 3.63) is 35.4 Å². The van der Waals surface area contributed by atoms with Crippen molar-refractivity contribution in [2.24, 2.45) is 0 Å². The van der Waals surface area contributed by atoms with Crippen molar-refractivity contribution in [2.45, 2.75) is 18.7 Å². The molecule has 0 aliphatic heterocycles. The summed E-state index contributed by atoms with van der Waals surface area (Å²) in [6.07, 6.45) is -4.70. The van der Waals surface area contributed by atoms with Gasteiger partial charge in [-0.2, -0.15) is 13.2 Å². The van der Waals surface area contributed by atoms with Gasteiger partial charge in [0.25, 0.3) is 0 Å². The maximum absolute atomic E-state index is 12.5. The minimum absolute atomic E-state index is 0.671. The Bertz CT molecular complexity index is 410. The zero-order valence-electron chi connectivity index (χ0n) is 8.25. The van der Waals surface area contributed by atoms with E-state index in [1.54, 1.807) is 0 Å². The summed E-state index contributed by atoms with van der Waals surface area (Å²) in [4.78, 5) is 10.7. The van der Waals surface area contributed by atoms with Crippen LogP contribution in [0.15, 0.2) is 24.3 Å². The molecule has 0 unspecified atom stereocenters. The van der Waals surface area contributed by atoms with E-state index in [0.717, 1.165) is 25.1 Å². The van der Waals surface area contributed by atoms with Crippen LogP contribution >= 0.6 is 0 Å². The average molecular weight is 234 g/mol. The van der Waals surface area contributed by atoms with E-state index in [1.165, 1.54) is 6.07 Å². The molecule has 0 amide bonds. The monoisotopic (exact) mass is 234 g/mol. The SMILES string of the molecule is C[C@@](O)(C(=O)O)c1ccccc1C(F)(F)F. The molecule has 88 valence electrons. The second-order valence-electron chi connectivity index (χ2n) is 3.42. The molecule has 0 aliphatic rings. The first kappa shape index (κ1) is 12.5. The topological polar surface area (TPSA) is 57.5 Å². The maximum Gasteiger partial charge on any atom is 0.416 e. The van der Waals surface area contributed by atoms with Gasteiger partial charge in [-0.15, -0.1) is 0 Å². The summed E-state index contributed by atoms with van der Waals surface area (Å²) < 4.78 is 37.6. The third-order valence-electron chi connectivity index (χ3n) is 2.17. The summed E-state index contributed by atoms with van der Waals surface area (Å²) >= 11 is 0. The molecule has 0 bridgehead atoms. The highest BCUT2D eigenvalue weighted by molar-refractivity contribution is 5.79. The lowest BCUT2D eigenvalue weighted by molar-refractivity contribution is -0.160. The van der Waals surface area contributed by atoms with E-state index in [-0.39, 0.29) is 0 Å². The van der Waals surface area contributed by atoms with Crippen molar-refractivity contribution >= 4 is 5.97 Å². The van der Waals surface area contributed by atoms with Gasteiger partial charge in [0, 0.05) is 5.56 Å². The van der Waals surface area contributed by atoms with E-state index in [4.69, 9.17) is 5.11 Å². The third kappa shape index (κ3) is 2.16. The van der Waals surface area contributed by atoms with Crippen LogP contribution < -0.4 is 0 Å². The van der Waals surface area contributed by atoms with Crippen LogP contribution in [0, 0.1) is 0 Å². The molecule has 0 saturated heterocycles. The fourth-order valence-corrected chi connectivity index (χ4v) is 1.27. The molecule has 6 heteroatoms. The van der Waals surface area contributed by atoms with E-state index in [2.05, 4.69) is 0 Å². The molecule has 0 radical (unpaired) electrons. The van der Waals surface area contributed by atoms with Crippen LogP contribution in [0.1, 0.15) is 18.1 Å². The highest BCUT2D eigenvalue weighted by Gasteiger charge is 2.42. The molecule has 1 aromatic rings. The summed E-state index contributed by atoms with van der Waals surface area (Å²) in [6, 6.07) is 4.04. The van der Waals surface area contributed by atoms with Gasteiger partial charge in [0.05, 0.1) is 5.56 Å². The van der Waals surface area contributed by atoms with Crippen LogP contribution in [0.2, 0.25) is 0 Å². The number of hydrogen-bond donors (Lipinski definition) is 2. The molecule has 0 spiro atoms. The van der Waals surface area contributed by atoms with Gasteiger partial charge in [0.2, 0.25) is 0 Å². The first-order chi connectivity index (χ1) is 7.17. The van der Waals surface area contributed by atoms with Gasteiger partial charge in [-0.1, -0.05) is 18.2 Å². The second-order valence-corrected chi connectivity index (χ2v) is 3.42. The number of alkyl halides is 3. The maximum atomic E-state index is 12.5. The Kier molecular flexibility index (Phi) is 2.96. The molecule has 0 saturated carbocycles. The Morgan fingerprint density at radius 3 is 2.00 bits per heavy atom. The van der Waals surface area contributed by atoms with E-state index in [1.807, 2.05) is 0 Å². The average Bonchev–Trinajstić information content (AvgIpc) is 2.16. The molecule has 1 atom stereocenters. The molecule has 16 heavy (non-hydrogen) atoms. The predicted octanol–water partition coefficient (Wildman–Crippen LogP) is 2.00. The van der Waals surface area contributed by atoms with Gasteiger partial charge in [-0.05, 0) is 13.0 Å². The zero-order chi connectivity index (χ0) is 12.6. The van der Waals surface area contributed by atoms with E-state index < -0.39 is 28.9 Å². The van der Waals surface area contributed by atoms with Crippen molar-refractivity contribution in [1.29, 1.82) is 0 Å². The highest BCUT2D eigenvalue weighted by atomic mass is 19.4. The number of benzene rings is 1. The minimum atomic E-state index is -4.70. The molecule has 2 N–H and O–H groups in total. The van der Waals surface area contributed by atoms with Gasteiger partial charge >= 0.3 is 12.1 Å². The lowest BCUT2D eigenvalue weighted by Crippen LogP contribution is -2.34. The number of carboxylic acids is 1. The molecule has 0 aliphatic carbocycles. The molecule has 0 fully saturated rings. The van der Waals surface area contributed by atoms with Gasteiger partial charge in [0.15, 0.2) is 5.60 Å². The van der Waals surface area contributed by atoms with Crippen LogP contribution in [0.25, 0.3) is 0 Å². The van der Waals surface area contributed by atoms with Crippen molar-refractivity contribution in [3.63, 3.8) is 0 Å². The Morgan fingerprint density at radius 2 is 1.62 bits per heavy atom. The van der Waals surface area contributed by atoms with E-state index in [9.17, 15) is 23.1 Å². The standard InChI is InChI=1S/C10H9F3O3/c1-9(16,8(14)15)6-4-2-3-5-7(6)10(11,12)13/h2-5,16H,1H3,(H,14,15)/t9-/m0/s1. The number of carboxylic acid groups (broad SMARTS) is 1. The number of rotatable bonds is 2. The number of hydrogen-bond acceptors (Lipinski definition) is 2. The van der Waals surface area contributed by atoms with E-state index >= 15 is 0 Å². The number of halogens is 3. The normalized spacial score (nSPS) is 15.6. The Balaban J connectivity index is 3.41. The molecule has 1 aromatic carbocycles. The van der Waals surface area contributed by atoms with Crippen LogP contribution in [0.4, 0.5) is 13.2 Å². The second kappa shape index (κ2) is 3.79. The first-order valence-electron chi connectivity index (χ1n) is 4.30. The third-order valence-corrected chi connectivity index (χ3v) is 2.17. The molecule has 0 aromatic heterocycles. The van der Waals surface area contributed by atoms with Crippen LogP contribution in [0.3, 0.4) is 0 Å². The Morgan fingerprint density at radius 1 is 1.19 bits per heavy atom. The molecular weight excluding hydrogens is 225 g/mol. The van der Waals surface area contributed by atoms with Crippen LogP contribution in [0.5, 0.6) is 0 Å². The zero-order valence-corrected chi connectivity index (χ0v) is 8.25. The molecule has 1 rings (SSSR count). The van der Waals surface area contributed by atoms with Gasteiger partial charge in [0.1, 0.15) is 0 Å². The Hall–Kier alpha value is -1.56. The van der Waals surface area contributed by atoms with E-state index in [0.29, 0.717) is 0 Å². The van der Waals surface area contributed by atoms with Gasteiger partial charge < -0.3 is 10.2 Å². The number of aliphatic hydroxyl groups is 1. The molecule has 3 nitrogen and oxygen atoms in total. The molecule has 0 heterocycles. The fourth-order valence-electron chi connectivity index (χ4n) is 1.27. The fraction of sp³-hybridized carbons (Fsp3) is 0.300. The molecular formula is C10H9F3O3. The smallest absolute Gasteiger partial charge is 0.416 e. The lowest BCUT2D eigenvalue weighted by Gasteiger charge is -2.22. The number of aliphatic carboxylic acids is 1. The summed E-state index contributed by atoms with van der Waals surface area (Å²) in [6.45, 7) is 0.805. The summed E-state index contributed by atoms with van der Waals surface area (Å²) in [7, 11) is 0. The van der Waals surface area contributed by atoms with Crippen molar-refractivity contribution in [1.82, 2.24) is 0 Å². The number of carbonyl (C=O) groups is 1. The largest absolute Gasteiger partial charge is 0.479 e. The predicted molar refractivity (Wildman–Crippen MR) is 48.7 cm³/mol. The van der Waals surface area contributed by atoms with Crippen molar-refractivity contribution in [3.8, 4) is 0 Å². The van der Waals surface area contributed by atoms with Gasteiger partial charge in [-0.25, -0.2) is 4.79 Å². The summed E-state index contributed by atoms with van der Waals surface area (Å²) in [5.41, 5.74) is -4.39. The highest BCUT2D eigenvalue weighted by Crippen LogP contribution is 2.36. The van der Waals surface area contributed by atoms with Crippen molar-refractivity contribution < 1.29 is 28.2 Å². The van der Waals surface area contributed by atoms with Crippen LogP contribution in [-0.4, -0.2) is 16.2 Å².